The second-order valence-electron chi connectivity index (χ2n) is 5.17. The van der Waals surface area contributed by atoms with Crippen molar-refractivity contribution in [2.24, 2.45) is 5.92 Å². The number of carboxylic acid groups (broad SMARTS) is 1. The summed E-state index contributed by atoms with van der Waals surface area (Å²) >= 11 is 0. The maximum atomic E-state index is 12.9. The van der Waals surface area contributed by atoms with Crippen molar-refractivity contribution in [2.75, 3.05) is 6.61 Å². The van der Waals surface area contributed by atoms with E-state index in [1.54, 1.807) is 6.07 Å². The van der Waals surface area contributed by atoms with E-state index in [9.17, 15) is 14.0 Å². The van der Waals surface area contributed by atoms with Crippen LogP contribution in [-0.2, 0) is 9.59 Å². The van der Waals surface area contributed by atoms with Crippen molar-refractivity contribution < 1.29 is 23.8 Å². The molecular weight excluding hydrogens is 277 g/mol. The van der Waals surface area contributed by atoms with E-state index in [4.69, 9.17) is 9.84 Å². The van der Waals surface area contributed by atoms with Crippen LogP contribution in [0.5, 0.6) is 5.75 Å². The minimum Gasteiger partial charge on any atom is -0.493 e. The van der Waals surface area contributed by atoms with Gasteiger partial charge in [0.2, 0.25) is 5.91 Å². The average molecular weight is 295 g/mol. The summed E-state index contributed by atoms with van der Waals surface area (Å²) in [5, 5.41) is 11.5. The van der Waals surface area contributed by atoms with Crippen LogP contribution in [-0.4, -0.2) is 29.6 Å². The highest BCUT2D eigenvalue weighted by Gasteiger charge is 2.33. The molecule has 1 unspecified atom stereocenters. The fourth-order valence-electron chi connectivity index (χ4n) is 2.12. The van der Waals surface area contributed by atoms with Crippen LogP contribution in [0.4, 0.5) is 4.39 Å². The van der Waals surface area contributed by atoms with Crippen molar-refractivity contribution in [1.82, 2.24) is 5.32 Å². The molecule has 1 atom stereocenters. The average Bonchev–Trinajstić information content (AvgIpc) is 3.21. The van der Waals surface area contributed by atoms with Crippen molar-refractivity contribution in [1.29, 1.82) is 0 Å². The lowest BCUT2D eigenvalue weighted by atomic mass is 10.1. The van der Waals surface area contributed by atoms with E-state index in [1.165, 1.54) is 18.2 Å². The number of carbonyl (C=O) groups is 2. The molecule has 1 aromatic carbocycles. The Labute approximate surface area is 122 Å². The summed E-state index contributed by atoms with van der Waals surface area (Å²) < 4.78 is 18.2. The van der Waals surface area contributed by atoms with Gasteiger partial charge in [-0.25, -0.2) is 4.39 Å². The molecule has 1 aliphatic rings. The summed E-state index contributed by atoms with van der Waals surface area (Å²) in [7, 11) is 0. The third-order valence-corrected chi connectivity index (χ3v) is 3.33. The van der Waals surface area contributed by atoms with Gasteiger partial charge in [-0.3, -0.25) is 9.59 Å². The molecule has 1 saturated carbocycles. The molecule has 1 amide bonds. The highest BCUT2D eigenvalue weighted by molar-refractivity contribution is 5.77. The quantitative estimate of drug-likeness (QED) is 0.769. The predicted molar refractivity (Wildman–Crippen MR) is 73.4 cm³/mol. The first-order chi connectivity index (χ1) is 10.0. The van der Waals surface area contributed by atoms with E-state index in [0.29, 0.717) is 5.75 Å². The van der Waals surface area contributed by atoms with Crippen LogP contribution < -0.4 is 10.1 Å². The fourth-order valence-corrected chi connectivity index (χ4v) is 2.12. The standard InChI is InChI=1S/C15H18FNO4/c16-11-2-1-3-12(8-11)21-7-6-14(18)17-13(9-15(19)20)10-4-5-10/h1-3,8,10,13H,4-7,9H2,(H,17,18)(H,19,20). The third kappa shape index (κ3) is 5.41. The molecule has 0 bridgehead atoms. The van der Waals surface area contributed by atoms with Crippen molar-refractivity contribution in [2.45, 2.75) is 31.7 Å². The largest absolute Gasteiger partial charge is 0.493 e. The Kier molecular flexibility index (Phi) is 5.14. The summed E-state index contributed by atoms with van der Waals surface area (Å²) in [6, 6.07) is 5.39. The summed E-state index contributed by atoms with van der Waals surface area (Å²) in [5.74, 6) is -0.916. The van der Waals surface area contributed by atoms with Crippen LogP contribution in [0.3, 0.4) is 0 Å². The van der Waals surface area contributed by atoms with E-state index in [1.807, 2.05) is 0 Å². The van der Waals surface area contributed by atoms with Crippen molar-refractivity contribution in [3.05, 3.63) is 30.1 Å². The Balaban J connectivity index is 1.72. The van der Waals surface area contributed by atoms with Gasteiger partial charge in [0.25, 0.3) is 0 Å². The molecule has 0 spiro atoms. The number of carboxylic acids is 1. The van der Waals surface area contributed by atoms with Crippen LogP contribution in [0, 0.1) is 11.7 Å². The molecule has 1 aromatic rings. The zero-order chi connectivity index (χ0) is 15.2. The number of nitrogens with one attached hydrogen (secondary N) is 1. The SMILES string of the molecule is O=C(O)CC(NC(=O)CCOc1cccc(F)c1)C1CC1. The summed E-state index contributed by atoms with van der Waals surface area (Å²) in [4.78, 5) is 22.5. The zero-order valence-electron chi connectivity index (χ0n) is 11.5. The Bertz CT molecular complexity index is 516. The first-order valence-corrected chi connectivity index (χ1v) is 6.94. The van der Waals surface area contributed by atoms with Crippen molar-refractivity contribution >= 4 is 11.9 Å². The Morgan fingerprint density at radius 2 is 2.19 bits per heavy atom. The highest BCUT2D eigenvalue weighted by atomic mass is 19.1. The number of hydrogen-bond donors (Lipinski definition) is 2. The normalized spacial score (nSPS) is 15.3. The first-order valence-electron chi connectivity index (χ1n) is 6.94. The maximum Gasteiger partial charge on any atom is 0.305 e. The molecule has 0 saturated heterocycles. The van der Waals surface area contributed by atoms with E-state index in [2.05, 4.69) is 5.32 Å². The zero-order valence-corrected chi connectivity index (χ0v) is 11.5. The van der Waals surface area contributed by atoms with Gasteiger partial charge in [-0.05, 0) is 30.9 Å². The molecule has 0 radical (unpaired) electrons. The molecule has 1 aliphatic carbocycles. The van der Waals surface area contributed by atoms with E-state index >= 15 is 0 Å². The van der Waals surface area contributed by atoms with Crippen LogP contribution >= 0.6 is 0 Å². The van der Waals surface area contributed by atoms with Gasteiger partial charge in [0.05, 0.1) is 19.4 Å². The van der Waals surface area contributed by atoms with Gasteiger partial charge in [0.1, 0.15) is 11.6 Å². The second-order valence-corrected chi connectivity index (χ2v) is 5.17. The van der Waals surface area contributed by atoms with Crippen LogP contribution in [0.1, 0.15) is 25.7 Å². The molecule has 2 N–H and O–H groups in total. The van der Waals surface area contributed by atoms with Crippen LogP contribution in [0.15, 0.2) is 24.3 Å². The lowest BCUT2D eigenvalue weighted by Gasteiger charge is -2.16. The van der Waals surface area contributed by atoms with Gasteiger partial charge in [-0.15, -0.1) is 0 Å². The third-order valence-electron chi connectivity index (χ3n) is 3.33. The van der Waals surface area contributed by atoms with Crippen molar-refractivity contribution in [3.63, 3.8) is 0 Å². The summed E-state index contributed by atoms with van der Waals surface area (Å²) in [6.45, 7) is 0.125. The molecule has 0 heterocycles. The summed E-state index contributed by atoms with van der Waals surface area (Å²) in [5.41, 5.74) is 0. The molecule has 21 heavy (non-hydrogen) atoms. The lowest BCUT2D eigenvalue weighted by Crippen LogP contribution is -2.38. The Hall–Kier alpha value is -2.11. The summed E-state index contributed by atoms with van der Waals surface area (Å²) in [6.07, 6.45) is 1.97. The minimum absolute atomic E-state index is 0.0544. The second kappa shape index (κ2) is 7.06. The van der Waals surface area contributed by atoms with Gasteiger partial charge in [-0.1, -0.05) is 6.07 Å². The molecule has 114 valence electrons. The van der Waals surface area contributed by atoms with Gasteiger partial charge >= 0.3 is 5.97 Å². The smallest absolute Gasteiger partial charge is 0.305 e. The monoisotopic (exact) mass is 295 g/mol. The van der Waals surface area contributed by atoms with E-state index in [0.717, 1.165) is 12.8 Å². The predicted octanol–water partition coefficient (Wildman–Crippen LogP) is 1.96. The molecular formula is C15H18FNO4. The molecule has 0 aromatic heterocycles. The lowest BCUT2D eigenvalue weighted by molar-refractivity contribution is -0.137. The topological polar surface area (TPSA) is 75.6 Å². The number of aliphatic carboxylic acids is 1. The van der Waals surface area contributed by atoms with Gasteiger partial charge < -0.3 is 15.2 Å². The van der Waals surface area contributed by atoms with Crippen LogP contribution in [0.25, 0.3) is 0 Å². The molecule has 1 fully saturated rings. The molecule has 0 aliphatic heterocycles. The number of ether oxygens (including phenoxy) is 1. The van der Waals surface area contributed by atoms with Crippen molar-refractivity contribution in [3.8, 4) is 5.75 Å². The van der Waals surface area contributed by atoms with E-state index < -0.39 is 11.8 Å². The van der Waals surface area contributed by atoms with E-state index in [-0.39, 0.29) is 37.3 Å². The first kappa shape index (κ1) is 15.3. The van der Waals surface area contributed by atoms with Crippen LogP contribution in [0.2, 0.25) is 0 Å². The number of benzene rings is 1. The molecule has 2 rings (SSSR count). The molecule has 6 heteroatoms. The maximum absolute atomic E-state index is 12.9. The Morgan fingerprint density at radius 3 is 2.81 bits per heavy atom. The number of hydrogen-bond acceptors (Lipinski definition) is 3. The molecule has 5 nitrogen and oxygen atoms in total. The highest BCUT2D eigenvalue weighted by Crippen LogP contribution is 2.34. The number of amides is 1. The minimum atomic E-state index is -0.914. The number of halogens is 1. The number of rotatable bonds is 8. The Morgan fingerprint density at radius 1 is 1.43 bits per heavy atom. The van der Waals surface area contributed by atoms with Gasteiger partial charge in [0.15, 0.2) is 0 Å². The van der Waals surface area contributed by atoms with Gasteiger partial charge in [0, 0.05) is 12.1 Å². The fraction of sp³-hybridized carbons (Fsp3) is 0.467. The number of carbonyl (C=O) groups excluding carboxylic acids is 1. The van der Waals surface area contributed by atoms with Gasteiger partial charge in [-0.2, -0.15) is 0 Å².